The lowest BCUT2D eigenvalue weighted by atomic mass is 10.1. The van der Waals surface area contributed by atoms with Crippen LogP contribution in [0.2, 0.25) is 0 Å². The van der Waals surface area contributed by atoms with E-state index in [4.69, 9.17) is 0 Å². The van der Waals surface area contributed by atoms with E-state index < -0.39 is 0 Å². The van der Waals surface area contributed by atoms with Crippen molar-refractivity contribution < 1.29 is 4.79 Å². The summed E-state index contributed by atoms with van der Waals surface area (Å²) in [6.45, 7) is 6.46. The SMILES string of the molecule is CCc1ccc(CNCCNC(=O)c2ccc(C)cc2)s1. The number of amides is 1. The summed E-state index contributed by atoms with van der Waals surface area (Å²) in [6, 6.07) is 12.0. The molecule has 0 saturated heterocycles. The molecule has 112 valence electrons. The Bertz CT molecular complexity index is 575. The molecule has 0 spiro atoms. The van der Waals surface area contributed by atoms with Gasteiger partial charge < -0.3 is 10.6 Å². The van der Waals surface area contributed by atoms with Gasteiger partial charge in [0.2, 0.25) is 0 Å². The highest BCUT2D eigenvalue weighted by atomic mass is 32.1. The fourth-order valence-electron chi connectivity index (χ4n) is 1.99. The lowest BCUT2D eigenvalue weighted by Gasteiger charge is -2.06. The van der Waals surface area contributed by atoms with Crippen LogP contribution >= 0.6 is 11.3 Å². The van der Waals surface area contributed by atoms with Crippen molar-refractivity contribution >= 4 is 17.2 Å². The van der Waals surface area contributed by atoms with Crippen LogP contribution in [-0.2, 0) is 13.0 Å². The molecule has 0 saturated carbocycles. The van der Waals surface area contributed by atoms with Crippen molar-refractivity contribution in [1.29, 1.82) is 0 Å². The van der Waals surface area contributed by atoms with Crippen LogP contribution in [0.25, 0.3) is 0 Å². The molecular weight excluding hydrogens is 280 g/mol. The van der Waals surface area contributed by atoms with Gasteiger partial charge in [-0.25, -0.2) is 0 Å². The zero-order valence-corrected chi connectivity index (χ0v) is 13.4. The van der Waals surface area contributed by atoms with Gasteiger partial charge in [0.15, 0.2) is 0 Å². The Morgan fingerprint density at radius 3 is 2.43 bits per heavy atom. The molecule has 0 bridgehead atoms. The van der Waals surface area contributed by atoms with Crippen molar-refractivity contribution in [2.45, 2.75) is 26.8 Å². The minimum Gasteiger partial charge on any atom is -0.351 e. The zero-order chi connectivity index (χ0) is 15.1. The van der Waals surface area contributed by atoms with E-state index in [1.165, 1.54) is 9.75 Å². The normalized spacial score (nSPS) is 10.6. The Labute approximate surface area is 130 Å². The smallest absolute Gasteiger partial charge is 0.251 e. The molecule has 2 aromatic rings. The summed E-state index contributed by atoms with van der Waals surface area (Å²) in [6.07, 6.45) is 1.09. The summed E-state index contributed by atoms with van der Waals surface area (Å²) >= 11 is 1.85. The van der Waals surface area contributed by atoms with Gasteiger partial charge in [-0.3, -0.25) is 4.79 Å². The van der Waals surface area contributed by atoms with Crippen LogP contribution < -0.4 is 10.6 Å². The maximum absolute atomic E-state index is 11.9. The van der Waals surface area contributed by atoms with Crippen LogP contribution in [0.1, 0.15) is 32.6 Å². The van der Waals surface area contributed by atoms with E-state index >= 15 is 0 Å². The van der Waals surface area contributed by atoms with E-state index in [1.54, 1.807) is 0 Å². The number of aryl methyl sites for hydroxylation is 2. The summed E-state index contributed by atoms with van der Waals surface area (Å²) in [7, 11) is 0. The first-order chi connectivity index (χ1) is 10.2. The minimum atomic E-state index is -0.0128. The molecule has 0 fully saturated rings. The third-order valence-electron chi connectivity index (χ3n) is 3.27. The van der Waals surface area contributed by atoms with Gasteiger partial charge >= 0.3 is 0 Å². The lowest BCUT2D eigenvalue weighted by Crippen LogP contribution is -2.31. The molecule has 21 heavy (non-hydrogen) atoms. The third-order valence-corrected chi connectivity index (χ3v) is 4.50. The molecular formula is C17H22N2OS. The predicted molar refractivity (Wildman–Crippen MR) is 88.9 cm³/mol. The van der Waals surface area contributed by atoms with Gasteiger partial charge in [0, 0.05) is 35.0 Å². The molecule has 0 radical (unpaired) electrons. The van der Waals surface area contributed by atoms with Crippen LogP contribution in [0, 0.1) is 6.92 Å². The topological polar surface area (TPSA) is 41.1 Å². The van der Waals surface area contributed by atoms with Gasteiger partial charge in [-0.05, 0) is 37.6 Å². The Balaban J connectivity index is 1.65. The Morgan fingerprint density at radius 1 is 1.05 bits per heavy atom. The number of thiophene rings is 1. The van der Waals surface area contributed by atoms with Crippen LogP contribution in [0.3, 0.4) is 0 Å². The molecule has 2 N–H and O–H groups in total. The second kappa shape index (κ2) is 7.96. The highest BCUT2D eigenvalue weighted by molar-refractivity contribution is 7.11. The summed E-state index contributed by atoms with van der Waals surface area (Å²) < 4.78 is 0. The molecule has 3 nitrogen and oxygen atoms in total. The van der Waals surface area contributed by atoms with Gasteiger partial charge in [-0.15, -0.1) is 11.3 Å². The zero-order valence-electron chi connectivity index (χ0n) is 12.6. The molecule has 4 heteroatoms. The summed E-state index contributed by atoms with van der Waals surface area (Å²) in [5.41, 5.74) is 1.88. The van der Waals surface area contributed by atoms with E-state index in [0.29, 0.717) is 12.1 Å². The predicted octanol–water partition coefficient (Wildman–Crippen LogP) is 3.14. The highest BCUT2D eigenvalue weighted by Crippen LogP contribution is 2.16. The van der Waals surface area contributed by atoms with Crippen LogP contribution in [0.4, 0.5) is 0 Å². The van der Waals surface area contributed by atoms with E-state index in [9.17, 15) is 4.79 Å². The maximum atomic E-state index is 11.9. The van der Waals surface area contributed by atoms with Gasteiger partial charge in [-0.1, -0.05) is 24.6 Å². The van der Waals surface area contributed by atoms with Gasteiger partial charge in [0.25, 0.3) is 5.91 Å². The van der Waals surface area contributed by atoms with Crippen molar-refractivity contribution in [1.82, 2.24) is 10.6 Å². The van der Waals surface area contributed by atoms with Gasteiger partial charge in [-0.2, -0.15) is 0 Å². The minimum absolute atomic E-state index is 0.0128. The number of carbonyl (C=O) groups excluding carboxylic acids is 1. The van der Waals surface area contributed by atoms with Crippen molar-refractivity contribution in [2.75, 3.05) is 13.1 Å². The van der Waals surface area contributed by atoms with E-state index in [-0.39, 0.29) is 5.91 Å². The maximum Gasteiger partial charge on any atom is 0.251 e. The Kier molecular flexibility index (Phi) is 5.96. The molecule has 1 aromatic heterocycles. The van der Waals surface area contributed by atoms with E-state index in [2.05, 4.69) is 29.7 Å². The molecule has 0 atom stereocenters. The van der Waals surface area contributed by atoms with Gasteiger partial charge in [0.1, 0.15) is 0 Å². The molecule has 0 aliphatic heterocycles. The summed E-state index contributed by atoms with van der Waals surface area (Å²) in [4.78, 5) is 14.7. The molecule has 0 unspecified atom stereocenters. The molecule has 2 rings (SSSR count). The average Bonchev–Trinajstić information content (AvgIpc) is 2.95. The van der Waals surface area contributed by atoms with Crippen molar-refractivity contribution in [3.63, 3.8) is 0 Å². The second-order valence-electron chi connectivity index (χ2n) is 5.02. The summed E-state index contributed by atoms with van der Waals surface area (Å²) in [5.74, 6) is -0.0128. The molecule has 1 aromatic carbocycles. The van der Waals surface area contributed by atoms with E-state index in [0.717, 1.165) is 25.1 Å². The highest BCUT2D eigenvalue weighted by Gasteiger charge is 2.03. The quantitative estimate of drug-likeness (QED) is 0.772. The van der Waals surface area contributed by atoms with E-state index in [1.807, 2.05) is 42.5 Å². The molecule has 1 heterocycles. The lowest BCUT2D eigenvalue weighted by molar-refractivity contribution is 0.0954. The number of benzene rings is 1. The first kappa shape index (κ1) is 15.7. The number of rotatable bonds is 7. The number of nitrogens with one attached hydrogen (secondary N) is 2. The molecule has 1 amide bonds. The van der Waals surface area contributed by atoms with Gasteiger partial charge in [0.05, 0.1) is 0 Å². The molecule has 0 aliphatic rings. The average molecular weight is 302 g/mol. The number of carbonyl (C=O) groups is 1. The van der Waals surface area contributed by atoms with Crippen molar-refractivity contribution in [3.8, 4) is 0 Å². The fraction of sp³-hybridized carbons (Fsp3) is 0.353. The number of hydrogen-bond acceptors (Lipinski definition) is 3. The Morgan fingerprint density at radius 2 is 1.76 bits per heavy atom. The fourth-order valence-corrected chi connectivity index (χ4v) is 2.92. The summed E-state index contributed by atoms with van der Waals surface area (Å²) in [5, 5.41) is 6.27. The van der Waals surface area contributed by atoms with Crippen LogP contribution in [0.15, 0.2) is 36.4 Å². The van der Waals surface area contributed by atoms with Crippen molar-refractivity contribution in [3.05, 3.63) is 57.3 Å². The standard InChI is InChI=1S/C17H22N2OS/c1-3-15-8-9-16(21-15)12-18-10-11-19-17(20)14-6-4-13(2)5-7-14/h4-9,18H,3,10-12H2,1-2H3,(H,19,20). The largest absolute Gasteiger partial charge is 0.351 e. The Hall–Kier alpha value is -1.65. The van der Waals surface area contributed by atoms with Crippen molar-refractivity contribution in [2.24, 2.45) is 0 Å². The second-order valence-corrected chi connectivity index (χ2v) is 6.27. The number of hydrogen-bond donors (Lipinski definition) is 2. The molecule has 0 aliphatic carbocycles. The van der Waals surface area contributed by atoms with Crippen LogP contribution in [0.5, 0.6) is 0 Å². The monoisotopic (exact) mass is 302 g/mol. The first-order valence-corrected chi connectivity index (χ1v) is 8.14. The van der Waals surface area contributed by atoms with Crippen LogP contribution in [-0.4, -0.2) is 19.0 Å². The first-order valence-electron chi connectivity index (χ1n) is 7.32. The third kappa shape index (κ3) is 4.99.